The van der Waals surface area contributed by atoms with E-state index in [1.165, 1.54) is 5.56 Å². The number of aromatic nitrogens is 1. The SMILES string of the molecule is NC(N)=NC(=O)c1ccc2c(c1)C(c1cncs1)=CCC2. The monoisotopic (exact) mass is 298 g/mol. The van der Waals surface area contributed by atoms with Crippen LogP contribution in [0.3, 0.4) is 0 Å². The Morgan fingerprint density at radius 1 is 1.33 bits per heavy atom. The minimum absolute atomic E-state index is 0.226. The van der Waals surface area contributed by atoms with Crippen LogP contribution < -0.4 is 11.5 Å². The molecule has 1 aromatic heterocycles. The number of carbonyl (C=O) groups is 1. The molecule has 3 rings (SSSR count). The molecule has 5 nitrogen and oxygen atoms in total. The lowest BCUT2D eigenvalue weighted by molar-refractivity contribution is 0.100. The predicted octanol–water partition coefficient (Wildman–Crippen LogP) is 1.93. The Hall–Kier alpha value is -2.47. The van der Waals surface area contributed by atoms with E-state index in [9.17, 15) is 4.79 Å². The zero-order chi connectivity index (χ0) is 14.8. The van der Waals surface area contributed by atoms with Crippen LogP contribution in [0.2, 0.25) is 0 Å². The summed E-state index contributed by atoms with van der Waals surface area (Å²) < 4.78 is 0. The number of aryl methyl sites for hydroxylation is 1. The van der Waals surface area contributed by atoms with Gasteiger partial charge in [-0.3, -0.25) is 9.78 Å². The number of hydrogen-bond donors (Lipinski definition) is 2. The summed E-state index contributed by atoms with van der Waals surface area (Å²) in [5.41, 5.74) is 16.2. The number of guanidine groups is 1. The average Bonchev–Trinajstić information content (AvgIpc) is 2.99. The molecule has 1 amide bonds. The summed E-state index contributed by atoms with van der Waals surface area (Å²) in [6.45, 7) is 0. The lowest BCUT2D eigenvalue weighted by Crippen LogP contribution is -2.24. The molecule has 1 aliphatic carbocycles. The molecule has 0 saturated heterocycles. The van der Waals surface area contributed by atoms with Crippen molar-refractivity contribution in [2.45, 2.75) is 12.8 Å². The van der Waals surface area contributed by atoms with Crippen molar-refractivity contribution in [3.05, 3.63) is 57.6 Å². The molecule has 0 unspecified atom stereocenters. The van der Waals surface area contributed by atoms with Crippen molar-refractivity contribution >= 4 is 28.8 Å². The third-order valence-electron chi connectivity index (χ3n) is 3.34. The molecule has 1 heterocycles. The summed E-state index contributed by atoms with van der Waals surface area (Å²) in [4.78, 5) is 20.8. The Kier molecular flexibility index (Phi) is 3.53. The van der Waals surface area contributed by atoms with Crippen LogP contribution in [0.4, 0.5) is 0 Å². The Balaban J connectivity index is 2.05. The number of nitrogens with zero attached hydrogens (tertiary/aromatic N) is 2. The second-order valence-electron chi connectivity index (χ2n) is 4.74. The van der Waals surface area contributed by atoms with Crippen LogP contribution in [0.15, 0.2) is 41.0 Å². The Labute approximate surface area is 126 Å². The summed E-state index contributed by atoms with van der Waals surface area (Å²) in [6, 6.07) is 5.59. The highest BCUT2D eigenvalue weighted by Gasteiger charge is 2.17. The number of aliphatic imine (C=N–C) groups is 1. The second kappa shape index (κ2) is 5.49. The van der Waals surface area contributed by atoms with Crippen LogP contribution in [0, 0.1) is 0 Å². The van der Waals surface area contributed by atoms with Crippen molar-refractivity contribution in [2.24, 2.45) is 16.5 Å². The number of hydrogen-bond acceptors (Lipinski definition) is 3. The number of rotatable bonds is 2. The molecule has 0 bridgehead atoms. The van der Waals surface area contributed by atoms with E-state index in [-0.39, 0.29) is 5.96 Å². The van der Waals surface area contributed by atoms with Crippen molar-refractivity contribution in [3.63, 3.8) is 0 Å². The van der Waals surface area contributed by atoms with Gasteiger partial charge >= 0.3 is 0 Å². The molecule has 0 fully saturated rings. The molecule has 0 radical (unpaired) electrons. The highest BCUT2D eigenvalue weighted by molar-refractivity contribution is 7.10. The van der Waals surface area contributed by atoms with Gasteiger partial charge in [-0.1, -0.05) is 12.1 Å². The third kappa shape index (κ3) is 2.71. The normalized spacial score (nSPS) is 13.2. The number of fused-ring (bicyclic) bond motifs is 1. The third-order valence-corrected chi connectivity index (χ3v) is 4.14. The van der Waals surface area contributed by atoms with Gasteiger partial charge < -0.3 is 11.5 Å². The molecule has 0 aliphatic heterocycles. The van der Waals surface area contributed by atoms with E-state index in [0.29, 0.717) is 5.56 Å². The van der Waals surface area contributed by atoms with Crippen LogP contribution in [-0.4, -0.2) is 16.9 Å². The van der Waals surface area contributed by atoms with Gasteiger partial charge in [0, 0.05) is 11.8 Å². The molecule has 0 saturated carbocycles. The molecule has 21 heavy (non-hydrogen) atoms. The predicted molar refractivity (Wildman–Crippen MR) is 84.1 cm³/mol. The van der Waals surface area contributed by atoms with E-state index in [2.05, 4.69) is 16.1 Å². The number of amides is 1. The van der Waals surface area contributed by atoms with Crippen molar-refractivity contribution in [1.29, 1.82) is 0 Å². The van der Waals surface area contributed by atoms with E-state index in [0.717, 1.165) is 28.9 Å². The molecule has 4 N–H and O–H groups in total. The molecule has 1 aromatic carbocycles. The topological polar surface area (TPSA) is 94.4 Å². The minimum atomic E-state index is -0.424. The zero-order valence-corrected chi connectivity index (χ0v) is 12.1. The van der Waals surface area contributed by atoms with Gasteiger partial charge in [-0.15, -0.1) is 11.3 Å². The first-order chi connectivity index (χ1) is 10.1. The van der Waals surface area contributed by atoms with E-state index in [1.54, 1.807) is 22.9 Å². The summed E-state index contributed by atoms with van der Waals surface area (Å²) in [5.74, 6) is -0.650. The quantitative estimate of drug-likeness (QED) is 0.654. The van der Waals surface area contributed by atoms with Gasteiger partial charge in [0.2, 0.25) is 0 Å². The van der Waals surface area contributed by atoms with Gasteiger partial charge in [0.1, 0.15) is 0 Å². The first-order valence-corrected chi connectivity index (χ1v) is 7.39. The maximum absolute atomic E-state index is 12.0. The fourth-order valence-electron chi connectivity index (χ4n) is 2.42. The lowest BCUT2D eigenvalue weighted by Gasteiger charge is -2.17. The number of allylic oxidation sites excluding steroid dienone is 1. The van der Waals surface area contributed by atoms with Crippen molar-refractivity contribution in [1.82, 2.24) is 4.98 Å². The molecular formula is C15H14N4OS. The molecular weight excluding hydrogens is 284 g/mol. The molecule has 1 aliphatic rings. The first kappa shape index (κ1) is 13.5. The Morgan fingerprint density at radius 3 is 2.90 bits per heavy atom. The van der Waals surface area contributed by atoms with Gasteiger partial charge in [-0.25, -0.2) is 0 Å². The van der Waals surface area contributed by atoms with Crippen LogP contribution >= 0.6 is 11.3 Å². The maximum Gasteiger partial charge on any atom is 0.280 e. The summed E-state index contributed by atoms with van der Waals surface area (Å²) >= 11 is 1.59. The van der Waals surface area contributed by atoms with Gasteiger partial charge in [0.25, 0.3) is 5.91 Å². The van der Waals surface area contributed by atoms with Crippen molar-refractivity contribution in [2.75, 3.05) is 0 Å². The van der Waals surface area contributed by atoms with Crippen molar-refractivity contribution < 1.29 is 4.79 Å². The van der Waals surface area contributed by atoms with E-state index in [1.807, 2.05) is 18.3 Å². The van der Waals surface area contributed by atoms with Crippen LogP contribution in [0.1, 0.15) is 32.8 Å². The van der Waals surface area contributed by atoms with E-state index >= 15 is 0 Å². The van der Waals surface area contributed by atoms with Gasteiger partial charge in [0.15, 0.2) is 5.96 Å². The smallest absolute Gasteiger partial charge is 0.280 e. The highest BCUT2D eigenvalue weighted by Crippen LogP contribution is 2.34. The van der Waals surface area contributed by atoms with Gasteiger partial charge in [-0.05, 0) is 41.7 Å². The fraction of sp³-hybridized carbons (Fsp3) is 0.133. The first-order valence-electron chi connectivity index (χ1n) is 6.51. The number of benzene rings is 1. The minimum Gasteiger partial charge on any atom is -0.370 e. The van der Waals surface area contributed by atoms with Crippen LogP contribution in [0.25, 0.3) is 5.57 Å². The molecule has 0 spiro atoms. The highest BCUT2D eigenvalue weighted by atomic mass is 32.1. The summed E-state index contributed by atoms with van der Waals surface area (Å²) in [5, 5.41) is 0. The zero-order valence-electron chi connectivity index (χ0n) is 11.2. The Bertz CT molecular complexity index is 743. The molecule has 0 atom stereocenters. The standard InChI is InChI=1S/C15H14N4OS/c16-15(17)19-14(20)10-5-4-9-2-1-3-11(12(9)6-10)13-7-18-8-21-13/h3-8H,1-2H2,(H4,16,17,19,20). The van der Waals surface area contributed by atoms with Crippen LogP contribution in [-0.2, 0) is 6.42 Å². The largest absolute Gasteiger partial charge is 0.370 e. The number of thiazole rings is 1. The fourth-order valence-corrected chi connectivity index (χ4v) is 3.10. The summed E-state index contributed by atoms with van der Waals surface area (Å²) in [6.07, 6.45) is 5.98. The molecule has 2 aromatic rings. The average molecular weight is 298 g/mol. The van der Waals surface area contributed by atoms with E-state index < -0.39 is 5.91 Å². The van der Waals surface area contributed by atoms with Crippen LogP contribution in [0.5, 0.6) is 0 Å². The number of carbonyl (C=O) groups excluding carboxylic acids is 1. The number of nitrogens with two attached hydrogens (primary N) is 2. The second-order valence-corrected chi connectivity index (χ2v) is 5.62. The maximum atomic E-state index is 12.0. The Morgan fingerprint density at radius 2 is 2.19 bits per heavy atom. The molecule has 106 valence electrons. The van der Waals surface area contributed by atoms with E-state index in [4.69, 9.17) is 11.5 Å². The summed E-state index contributed by atoms with van der Waals surface area (Å²) in [7, 11) is 0. The van der Waals surface area contributed by atoms with Crippen molar-refractivity contribution in [3.8, 4) is 0 Å². The lowest BCUT2D eigenvalue weighted by atomic mass is 9.89. The van der Waals surface area contributed by atoms with Gasteiger partial charge in [-0.2, -0.15) is 4.99 Å². The van der Waals surface area contributed by atoms with Gasteiger partial charge in [0.05, 0.1) is 10.4 Å². The molecule has 6 heteroatoms.